The van der Waals surface area contributed by atoms with Crippen LogP contribution in [0.5, 0.6) is 0 Å². The zero-order chi connectivity index (χ0) is 30.2. The number of likely N-dealkylation sites (N-methyl/N-ethyl adjacent to an activating group) is 1. The molecule has 10 heteroatoms. The van der Waals surface area contributed by atoms with Crippen LogP contribution in [0.15, 0.2) is 30.3 Å². The lowest BCUT2D eigenvalue weighted by molar-refractivity contribution is -0.330. The molecule has 5 saturated carbocycles. The first kappa shape index (κ1) is 28.4. The minimum Gasteiger partial charge on any atom is -0.459 e. The van der Waals surface area contributed by atoms with Crippen molar-refractivity contribution in [3.05, 3.63) is 35.9 Å². The van der Waals surface area contributed by atoms with E-state index in [9.17, 15) is 14.7 Å². The molecule has 2 saturated heterocycles. The molecule has 1 unspecified atom stereocenters. The maximum atomic E-state index is 13.7. The smallest absolute Gasteiger partial charge is 0.338 e. The zero-order valence-electron chi connectivity index (χ0n) is 25.6. The van der Waals surface area contributed by atoms with Gasteiger partial charge in [0.05, 0.1) is 40.7 Å². The highest BCUT2D eigenvalue weighted by molar-refractivity contribution is 5.89. The molecule has 7 fully saturated rings. The molecular weight excluding hydrogens is 554 g/mol. The maximum absolute atomic E-state index is 13.7. The van der Waals surface area contributed by atoms with Crippen LogP contribution < -0.4 is 0 Å². The molecule has 5 aliphatic carbocycles. The SMILES string of the molecule is CCN1C[C@]2(C)CC[C@H](OC)[C@@]34C1[C@]1(OCO[C@@]15C[C@H](OC)[C@H]1C[C@]3(O)[C@@H]5[C@H]1OC(=O)c1ccccc1)[C@@H](OC(C)=O)[C@H]24. The van der Waals surface area contributed by atoms with Crippen LogP contribution in [0, 0.1) is 28.6 Å². The number of rotatable bonds is 6. The second kappa shape index (κ2) is 9.01. The summed E-state index contributed by atoms with van der Waals surface area (Å²) in [6.07, 6.45) is 0.313. The Kier molecular flexibility index (Phi) is 5.95. The van der Waals surface area contributed by atoms with Crippen molar-refractivity contribution < 1.29 is 43.1 Å². The summed E-state index contributed by atoms with van der Waals surface area (Å²) in [6.45, 7) is 7.36. The maximum Gasteiger partial charge on any atom is 0.338 e. The monoisotopic (exact) mass is 597 g/mol. The van der Waals surface area contributed by atoms with Gasteiger partial charge >= 0.3 is 11.9 Å². The fourth-order valence-electron chi connectivity index (χ4n) is 12.4. The Bertz CT molecular complexity index is 1340. The van der Waals surface area contributed by atoms with Gasteiger partial charge in [-0.15, -0.1) is 0 Å². The molecule has 7 bridgehead atoms. The van der Waals surface area contributed by atoms with Crippen LogP contribution >= 0.6 is 0 Å². The molecule has 1 aromatic carbocycles. The van der Waals surface area contributed by atoms with Crippen LogP contribution in [0.4, 0.5) is 0 Å². The molecule has 234 valence electrons. The summed E-state index contributed by atoms with van der Waals surface area (Å²) in [5, 5.41) is 13.7. The van der Waals surface area contributed by atoms with Crippen LogP contribution in [-0.4, -0.2) is 103 Å². The number of aliphatic hydroxyl groups is 1. The lowest BCUT2D eigenvalue weighted by Gasteiger charge is -2.71. The quantitative estimate of drug-likeness (QED) is 0.491. The van der Waals surface area contributed by atoms with Crippen molar-refractivity contribution in [2.45, 2.75) is 93.7 Å². The molecule has 10 nitrogen and oxygen atoms in total. The van der Waals surface area contributed by atoms with Gasteiger partial charge in [0.1, 0.15) is 24.6 Å². The lowest BCUT2D eigenvalue weighted by atomic mass is 9.41. The molecule has 2 heterocycles. The van der Waals surface area contributed by atoms with Crippen molar-refractivity contribution >= 4 is 11.9 Å². The molecule has 13 atom stereocenters. The Hall–Kier alpha value is -2.08. The highest BCUT2D eigenvalue weighted by Gasteiger charge is 2.98. The van der Waals surface area contributed by atoms with Gasteiger partial charge in [-0.25, -0.2) is 4.79 Å². The molecule has 43 heavy (non-hydrogen) atoms. The average molecular weight is 598 g/mol. The van der Waals surface area contributed by atoms with Crippen molar-refractivity contribution in [1.29, 1.82) is 0 Å². The van der Waals surface area contributed by atoms with E-state index < -0.39 is 46.3 Å². The molecule has 8 rings (SSSR count). The van der Waals surface area contributed by atoms with Crippen molar-refractivity contribution in [1.82, 2.24) is 4.90 Å². The summed E-state index contributed by atoms with van der Waals surface area (Å²) >= 11 is 0. The van der Waals surface area contributed by atoms with E-state index in [0.29, 0.717) is 18.4 Å². The van der Waals surface area contributed by atoms with Gasteiger partial charge in [-0.3, -0.25) is 9.69 Å². The van der Waals surface area contributed by atoms with Gasteiger partial charge in [-0.05, 0) is 43.4 Å². The average Bonchev–Trinajstić information content (AvgIpc) is 3.53. The Morgan fingerprint density at radius 2 is 1.84 bits per heavy atom. The van der Waals surface area contributed by atoms with E-state index in [4.69, 9.17) is 28.4 Å². The van der Waals surface area contributed by atoms with Crippen molar-refractivity contribution in [3.8, 4) is 0 Å². The summed E-state index contributed by atoms with van der Waals surface area (Å²) < 4.78 is 39.3. The molecule has 0 aromatic heterocycles. The number of hydrogen-bond donors (Lipinski definition) is 1. The van der Waals surface area contributed by atoms with E-state index in [1.165, 1.54) is 6.92 Å². The van der Waals surface area contributed by atoms with E-state index in [1.807, 2.05) is 18.2 Å². The van der Waals surface area contributed by atoms with E-state index in [0.717, 1.165) is 25.9 Å². The van der Waals surface area contributed by atoms with Gasteiger partial charge in [-0.1, -0.05) is 32.0 Å². The molecule has 0 radical (unpaired) electrons. The Labute approximate surface area is 252 Å². The summed E-state index contributed by atoms with van der Waals surface area (Å²) in [6, 6.07) is 8.60. The van der Waals surface area contributed by atoms with Crippen LogP contribution in [0.2, 0.25) is 0 Å². The van der Waals surface area contributed by atoms with Gasteiger partial charge in [0.2, 0.25) is 0 Å². The van der Waals surface area contributed by atoms with Crippen molar-refractivity contribution in [3.63, 3.8) is 0 Å². The van der Waals surface area contributed by atoms with E-state index >= 15 is 0 Å². The molecule has 1 aromatic rings. The highest BCUT2D eigenvalue weighted by Crippen LogP contribution is 2.83. The molecule has 3 spiro atoms. The number of piperidine rings is 1. The number of carbonyl (C=O) groups excluding carboxylic acids is 2. The van der Waals surface area contributed by atoms with Gasteiger partial charge in [-0.2, -0.15) is 0 Å². The van der Waals surface area contributed by atoms with Crippen LogP contribution in [0.3, 0.4) is 0 Å². The summed E-state index contributed by atoms with van der Waals surface area (Å²) in [5.41, 5.74) is -4.37. The van der Waals surface area contributed by atoms with Crippen molar-refractivity contribution in [2.24, 2.45) is 28.6 Å². The number of carbonyl (C=O) groups is 2. The largest absolute Gasteiger partial charge is 0.459 e. The third-order valence-corrected chi connectivity index (χ3v) is 13.2. The molecule has 2 aliphatic heterocycles. The van der Waals surface area contributed by atoms with E-state index in [2.05, 4.69) is 18.7 Å². The number of esters is 2. The third-order valence-electron chi connectivity index (χ3n) is 13.2. The second-order valence-electron chi connectivity index (χ2n) is 14.4. The van der Waals surface area contributed by atoms with Gasteiger partial charge in [0.15, 0.2) is 5.60 Å². The number of nitrogens with zero attached hydrogens (tertiary/aromatic N) is 1. The van der Waals surface area contributed by atoms with E-state index in [-0.39, 0.29) is 48.3 Å². The predicted octanol–water partition coefficient (Wildman–Crippen LogP) is 2.56. The van der Waals surface area contributed by atoms with Crippen molar-refractivity contribution in [2.75, 3.05) is 34.1 Å². The predicted molar refractivity (Wildman–Crippen MR) is 151 cm³/mol. The number of hydrogen-bond acceptors (Lipinski definition) is 10. The lowest BCUT2D eigenvalue weighted by Crippen LogP contribution is -2.85. The van der Waals surface area contributed by atoms with Gasteiger partial charge < -0.3 is 33.5 Å². The molecule has 0 amide bonds. The summed E-state index contributed by atoms with van der Waals surface area (Å²) in [7, 11) is 3.39. The van der Waals surface area contributed by atoms with Crippen LogP contribution in [-0.2, 0) is 33.2 Å². The summed E-state index contributed by atoms with van der Waals surface area (Å²) in [5.74, 6) is -1.99. The highest BCUT2D eigenvalue weighted by atomic mass is 16.7. The summed E-state index contributed by atoms with van der Waals surface area (Å²) in [4.78, 5) is 29.1. The fraction of sp³-hybridized carbons (Fsp3) is 0.758. The van der Waals surface area contributed by atoms with Gasteiger partial charge in [0.25, 0.3) is 0 Å². The minimum absolute atomic E-state index is 0.0178. The first-order valence-corrected chi connectivity index (χ1v) is 15.8. The minimum atomic E-state index is -1.38. The third kappa shape index (κ3) is 2.97. The Balaban J connectivity index is 1.41. The second-order valence-corrected chi connectivity index (χ2v) is 14.4. The van der Waals surface area contributed by atoms with Crippen LogP contribution in [0.1, 0.15) is 56.8 Å². The standard InChI is InChI=1S/C33H43NO9/c1-6-34-16-29(3)13-12-22(39-5)32-25(29)26(42-18(2)35)33(28(32)34)31(40-17-41-33)15-21(38-4)20-14-30(32,37)24(31)23(20)43-27(36)19-10-8-7-9-11-19/h7-11,20-26,28,37H,6,12-17H2,1-5H3/t20-,21+,22+,23+,24+,25-,26+,28?,29+,30+,31-,32-,33-/m1/s1. The Morgan fingerprint density at radius 1 is 1.07 bits per heavy atom. The number of ether oxygens (including phenoxy) is 6. The molecule has 7 aliphatic rings. The van der Waals surface area contributed by atoms with Crippen LogP contribution in [0.25, 0.3) is 0 Å². The first-order valence-electron chi connectivity index (χ1n) is 15.8. The molecule has 1 N–H and O–H groups in total. The topological polar surface area (TPSA) is 113 Å². The fourth-order valence-corrected chi connectivity index (χ4v) is 12.4. The zero-order valence-corrected chi connectivity index (χ0v) is 25.6. The number of likely N-dealkylation sites (tertiary alicyclic amines) is 1. The first-order chi connectivity index (χ1) is 20.6. The number of benzene rings is 1. The van der Waals surface area contributed by atoms with E-state index in [1.54, 1.807) is 26.4 Å². The number of methoxy groups -OCH3 is 2. The number of fused-ring (bicyclic) bond motifs is 1. The Morgan fingerprint density at radius 3 is 2.51 bits per heavy atom. The normalized spacial score (nSPS) is 52.0. The molecular formula is C33H43NO9. The van der Waals surface area contributed by atoms with Gasteiger partial charge in [0, 0.05) is 45.9 Å².